The van der Waals surface area contributed by atoms with Crippen molar-refractivity contribution < 1.29 is 27.8 Å². The highest BCUT2D eigenvalue weighted by molar-refractivity contribution is 5.95. The topological polar surface area (TPSA) is 71.1 Å². The molecule has 3 atom stereocenters. The van der Waals surface area contributed by atoms with Gasteiger partial charge in [-0.2, -0.15) is 8.78 Å². The maximum absolute atomic E-state index is 13.1. The minimum absolute atomic E-state index is 0.0360. The first-order valence-electron chi connectivity index (χ1n) is 11.1. The van der Waals surface area contributed by atoms with Gasteiger partial charge in [-0.25, -0.2) is 0 Å². The molecule has 0 saturated carbocycles. The van der Waals surface area contributed by atoms with Crippen molar-refractivity contribution in [2.45, 2.75) is 31.4 Å². The second kappa shape index (κ2) is 9.95. The van der Waals surface area contributed by atoms with Gasteiger partial charge in [-0.3, -0.25) is 9.59 Å². The number of alkyl halides is 2. The first-order valence-corrected chi connectivity index (χ1v) is 11.1. The summed E-state index contributed by atoms with van der Waals surface area (Å²) in [6.45, 7) is 4.30. The zero-order valence-electron chi connectivity index (χ0n) is 18.0. The van der Waals surface area contributed by atoms with E-state index in [0.29, 0.717) is 51.4 Å². The fourth-order valence-corrected chi connectivity index (χ4v) is 4.97. The minimum atomic E-state index is -2.99. The van der Waals surface area contributed by atoms with Crippen molar-refractivity contribution in [3.8, 4) is 5.75 Å². The Bertz CT molecular complexity index is 860. The van der Waals surface area contributed by atoms with Crippen LogP contribution in [0.5, 0.6) is 5.75 Å². The van der Waals surface area contributed by atoms with Gasteiger partial charge < -0.3 is 24.6 Å². The first-order chi connectivity index (χ1) is 15.5. The van der Waals surface area contributed by atoms with Crippen molar-refractivity contribution in [1.29, 1.82) is 0 Å². The number of hydrogen-bond donors (Lipinski definition) is 1. The highest BCUT2D eigenvalue weighted by Gasteiger charge is 2.45. The molecule has 0 bridgehead atoms. The van der Waals surface area contributed by atoms with Crippen LogP contribution in [0.15, 0.2) is 30.9 Å². The summed E-state index contributed by atoms with van der Waals surface area (Å²) in [5.41, 5.74) is 1.06. The molecule has 3 aliphatic rings. The fourth-order valence-electron chi connectivity index (χ4n) is 4.97. The largest absolute Gasteiger partial charge is 0.435 e. The van der Waals surface area contributed by atoms with Crippen LogP contribution in [0.2, 0.25) is 0 Å². The molecule has 3 unspecified atom stereocenters. The number of fused-ring (bicyclic) bond motifs is 1. The van der Waals surface area contributed by atoms with Gasteiger partial charge in [0.25, 0.3) is 5.91 Å². The monoisotopic (exact) mass is 449 g/mol. The summed E-state index contributed by atoms with van der Waals surface area (Å²) in [6.07, 6.45) is 3.25. The van der Waals surface area contributed by atoms with E-state index in [0.717, 1.165) is 18.5 Å². The quantitative estimate of drug-likeness (QED) is 0.647. The summed E-state index contributed by atoms with van der Waals surface area (Å²) < 4.78 is 36.1. The lowest BCUT2D eigenvalue weighted by Crippen LogP contribution is -2.54. The number of nitrogens with zero attached hydrogens (tertiary/aromatic N) is 2. The number of carbonyl (C=O) groups excluding carboxylic acids is 2. The Labute approximate surface area is 186 Å². The molecule has 0 aliphatic carbocycles. The van der Waals surface area contributed by atoms with E-state index in [1.165, 1.54) is 6.07 Å². The van der Waals surface area contributed by atoms with E-state index >= 15 is 0 Å². The van der Waals surface area contributed by atoms with Crippen LogP contribution in [0.25, 0.3) is 0 Å². The molecule has 0 spiro atoms. The van der Waals surface area contributed by atoms with E-state index in [4.69, 9.17) is 9.47 Å². The van der Waals surface area contributed by atoms with Gasteiger partial charge in [-0.1, -0.05) is 6.08 Å². The minimum Gasteiger partial charge on any atom is -0.435 e. The summed E-state index contributed by atoms with van der Waals surface area (Å²) in [7, 11) is 0. The molecular formula is C23H29F2N3O4. The number of benzene rings is 1. The van der Waals surface area contributed by atoms with Gasteiger partial charge >= 0.3 is 6.61 Å². The summed E-state index contributed by atoms with van der Waals surface area (Å²) >= 11 is 0. The molecule has 1 N–H and O–H groups in total. The lowest BCUT2D eigenvalue weighted by molar-refractivity contribution is -0.137. The Morgan fingerprint density at radius 1 is 1.31 bits per heavy atom. The number of amides is 2. The molecule has 0 aromatic heterocycles. The lowest BCUT2D eigenvalue weighted by atomic mass is 9.77. The second-order valence-corrected chi connectivity index (χ2v) is 8.43. The van der Waals surface area contributed by atoms with Gasteiger partial charge in [0.2, 0.25) is 5.91 Å². The van der Waals surface area contributed by atoms with Crippen LogP contribution in [0.1, 0.15) is 34.7 Å². The van der Waals surface area contributed by atoms with E-state index in [1.54, 1.807) is 28.0 Å². The summed E-state index contributed by atoms with van der Waals surface area (Å²) in [5, 5.41) is 3.29. The molecule has 3 heterocycles. The molecule has 1 aromatic rings. The Morgan fingerprint density at radius 2 is 2.09 bits per heavy atom. The molecule has 7 nitrogen and oxygen atoms in total. The average Bonchev–Trinajstić information content (AvgIpc) is 3.28. The molecule has 3 saturated heterocycles. The number of likely N-dealkylation sites (tertiary alicyclic amines) is 1. The molecule has 32 heavy (non-hydrogen) atoms. The highest BCUT2D eigenvalue weighted by Crippen LogP contribution is 2.39. The predicted molar refractivity (Wildman–Crippen MR) is 114 cm³/mol. The maximum atomic E-state index is 13.1. The molecule has 9 heteroatoms. The van der Waals surface area contributed by atoms with Crippen LogP contribution in [-0.2, 0) is 9.53 Å². The molecule has 3 aliphatic heterocycles. The van der Waals surface area contributed by atoms with Crippen LogP contribution < -0.4 is 10.1 Å². The van der Waals surface area contributed by atoms with E-state index < -0.39 is 6.61 Å². The molecule has 2 amide bonds. The molecule has 1 aromatic carbocycles. The molecule has 4 rings (SSSR count). The Kier molecular flexibility index (Phi) is 7.05. The molecule has 174 valence electrons. The number of morpholine rings is 1. The summed E-state index contributed by atoms with van der Waals surface area (Å²) in [5.74, 6) is -0.252. The SMILES string of the molecule is C=CCCN1CC(c2cc(OC(F)F)cc(C(=O)N3CCOCC3)c2)C2CCNC2C1=O. The smallest absolute Gasteiger partial charge is 0.387 e. The predicted octanol–water partition coefficient (Wildman–Crippen LogP) is 2.24. The van der Waals surface area contributed by atoms with E-state index in [-0.39, 0.29) is 35.4 Å². The van der Waals surface area contributed by atoms with Gasteiger partial charge in [-0.05, 0) is 49.1 Å². The molecule has 3 fully saturated rings. The van der Waals surface area contributed by atoms with Crippen molar-refractivity contribution in [3.05, 3.63) is 42.0 Å². The zero-order valence-corrected chi connectivity index (χ0v) is 18.0. The number of hydrogen-bond acceptors (Lipinski definition) is 5. The van der Waals surface area contributed by atoms with Crippen LogP contribution in [-0.4, -0.2) is 80.2 Å². The van der Waals surface area contributed by atoms with Crippen molar-refractivity contribution in [2.75, 3.05) is 45.9 Å². The number of ether oxygens (including phenoxy) is 2. The van der Waals surface area contributed by atoms with Crippen molar-refractivity contribution in [2.24, 2.45) is 5.92 Å². The van der Waals surface area contributed by atoms with Crippen molar-refractivity contribution in [3.63, 3.8) is 0 Å². The van der Waals surface area contributed by atoms with E-state index in [1.807, 2.05) is 0 Å². The van der Waals surface area contributed by atoms with Gasteiger partial charge in [0.15, 0.2) is 0 Å². The third-order valence-corrected chi connectivity index (χ3v) is 6.51. The lowest BCUT2D eigenvalue weighted by Gasteiger charge is -2.40. The van der Waals surface area contributed by atoms with Gasteiger partial charge in [0, 0.05) is 37.7 Å². The number of halogens is 2. The molecule has 0 radical (unpaired) electrons. The molecular weight excluding hydrogens is 420 g/mol. The van der Waals surface area contributed by atoms with Crippen molar-refractivity contribution >= 4 is 11.8 Å². The second-order valence-electron chi connectivity index (χ2n) is 8.43. The fraction of sp³-hybridized carbons (Fsp3) is 0.565. The zero-order chi connectivity index (χ0) is 22.7. The van der Waals surface area contributed by atoms with Crippen molar-refractivity contribution in [1.82, 2.24) is 15.1 Å². The Hall–Kier alpha value is -2.52. The third-order valence-electron chi connectivity index (χ3n) is 6.51. The number of rotatable bonds is 7. The number of carbonyl (C=O) groups is 2. The first kappa shape index (κ1) is 22.7. The van der Waals surface area contributed by atoms with Gasteiger partial charge in [0.05, 0.1) is 19.3 Å². The van der Waals surface area contributed by atoms with E-state index in [9.17, 15) is 18.4 Å². The van der Waals surface area contributed by atoms with E-state index in [2.05, 4.69) is 11.9 Å². The number of piperidine rings is 1. The van der Waals surface area contributed by atoms with Crippen LogP contribution >= 0.6 is 0 Å². The van der Waals surface area contributed by atoms with Crippen LogP contribution in [0.4, 0.5) is 8.78 Å². The average molecular weight is 449 g/mol. The normalized spacial score (nSPS) is 25.7. The Morgan fingerprint density at radius 3 is 2.81 bits per heavy atom. The highest BCUT2D eigenvalue weighted by atomic mass is 19.3. The summed E-state index contributed by atoms with van der Waals surface area (Å²) in [4.78, 5) is 29.5. The summed E-state index contributed by atoms with van der Waals surface area (Å²) in [6, 6.07) is 4.43. The van der Waals surface area contributed by atoms with Crippen LogP contribution in [0.3, 0.4) is 0 Å². The van der Waals surface area contributed by atoms with Gasteiger partial charge in [0.1, 0.15) is 5.75 Å². The number of nitrogens with one attached hydrogen (secondary N) is 1. The Balaban J connectivity index is 1.67. The van der Waals surface area contributed by atoms with Gasteiger partial charge in [-0.15, -0.1) is 6.58 Å². The third kappa shape index (κ3) is 4.78. The van der Waals surface area contributed by atoms with Crippen LogP contribution in [0, 0.1) is 5.92 Å². The standard InChI is InChI=1S/C23H29F2N3O4/c1-2-3-6-28-14-19(18-4-5-26-20(18)22(28)30)15-11-16(13-17(12-15)32-23(24)25)21(29)27-7-9-31-10-8-27/h2,11-13,18-20,23,26H,1,3-10,14H2. The maximum Gasteiger partial charge on any atom is 0.387 e.